The summed E-state index contributed by atoms with van der Waals surface area (Å²) in [7, 11) is 0. The van der Waals surface area contributed by atoms with Crippen molar-refractivity contribution in [3.05, 3.63) is 22.4 Å². The molecular formula is C11H14N2O2S. The van der Waals surface area contributed by atoms with Crippen molar-refractivity contribution < 1.29 is 9.59 Å². The van der Waals surface area contributed by atoms with E-state index >= 15 is 0 Å². The second kappa shape index (κ2) is 5.12. The van der Waals surface area contributed by atoms with Crippen LogP contribution in [0.2, 0.25) is 0 Å². The van der Waals surface area contributed by atoms with Crippen LogP contribution >= 0.6 is 11.3 Å². The van der Waals surface area contributed by atoms with Gasteiger partial charge in [0, 0.05) is 24.4 Å². The predicted molar refractivity (Wildman–Crippen MR) is 62.2 cm³/mol. The van der Waals surface area contributed by atoms with Crippen LogP contribution in [0.4, 0.5) is 0 Å². The van der Waals surface area contributed by atoms with E-state index in [2.05, 4.69) is 5.32 Å². The van der Waals surface area contributed by atoms with Crippen LogP contribution in [0.25, 0.3) is 0 Å². The van der Waals surface area contributed by atoms with E-state index in [0.29, 0.717) is 19.5 Å². The summed E-state index contributed by atoms with van der Waals surface area (Å²) in [5, 5.41) is 4.71. The minimum absolute atomic E-state index is 0.0595. The minimum atomic E-state index is -0.0595. The number of amides is 2. The number of hydrogen-bond donors (Lipinski definition) is 1. The summed E-state index contributed by atoms with van der Waals surface area (Å²) >= 11 is 1.66. The zero-order valence-corrected chi connectivity index (χ0v) is 9.76. The van der Waals surface area contributed by atoms with Gasteiger partial charge >= 0.3 is 0 Å². The van der Waals surface area contributed by atoms with E-state index in [1.54, 1.807) is 16.2 Å². The Hall–Kier alpha value is -1.36. The molecule has 0 bridgehead atoms. The first-order valence-electron chi connectivity index (χ1n) is 5.32. The molecule has 1 aliphatic rings. The van der Waals surface area contributed by atoms with Crippen LogP contribution in [0, 0.1) is 0 Å². The maximum Gasteiger partial charge on any atom is 0.239 e. The van der Waals surface area contributed by atoms with E-state index in [0.717, 1.165) is 6.42 Å². The second-order valence-electron chi connectivity index (χ2n) is 3.74. The number of nitrogens with zero attached hydrogens (tertiary/aromatic N) is 1. The number of aryl methyl sites for hydroxylation is 1. The summed E-state index contributed by atoms with van der Waals surface area (Å²) in [6.45, 7) is 1.42. The Kier molecular flexibility index (Phi) is 3.56. The highest BCUT2D eigenvalue weighted by Gasteiger charge is 2.20. The molecule has 16 heavy (non-hydrogen) atoms. The molecule has 1 aromatic rings. The molecule has 1 aliphatic heterocycles. The van der Waals surface area contributed by atoms with Crippen LogP contribution in [0.3, 0.4) is 0 Å². The molecule has 0 unspecified atom stereocenters. The fraction of sp³-hybridized carbons (Fsp3) is 0.455. The molecule has 1 fully saturated rings. The molecule has 2 amide bonds. The van der Waals surface area contributed by atoms with Crippen molar-refractivity contribution in [2.45, 2.75) is 12.8 Å². The highest BCUT2D eigenvalue weighted by atomic mass is 32.1. The van der Waals surface area contributed by atoms with Gasteiger partial charge in [-0.3, -0.25) is 9.59 Å². The third-order valence-corrected chi connectivity index (χ3v) is 3.49. The molecule has 2 rings (SSSR count). The molecule has 1 N–H and O–H groups in total. The number of nitrogens with one attached hydrogen (secondary N) is 1. The Balaban J connectivity index is 1.81. The molecule has 0 spiro atoms. The van der Waals surface area contributed by atoms with Crippen molar-refractivity contribution in [2.24, 2.45) is 0 Å². The molecule has 0 saturated carbocycles. The van der Waals surface area contributed by atoms with Gasteiger partial charge in [0.1, 0.15) is 0 Å². The van der Waals surface area contributed by atoms with Gasteiger partial charge in [0.2, 0.25) is 11.8 Å². The predicted octanol–water partition coefficient (Wildman–Crippen LogP) is 0.639. The molecule has 4 nitrogen and oxygen atoms in total. The summed E-state index contributed by atoms with van der Waals surface area (Å²) in [4.78, 5) is 25.7. The molecule has 1 aromatic heterocycles. The fourth-order valence-corrected chi connectivity index (χ4v) is 2.40. The second-order valence-corrected chi connectivity index (χ2v) is 4.78. The first-order valence-corrected chi connectivity index (χ1v) is 6.20. The number of carbonyl (C=O) groups is 2. The Morgan fingerprint density at radius 1 is 1.56 bits per heavy atom. The van der Waals surface area contributed by atoms with Crippen molar-refractivity contribution >= 4 is 23.2 Å². The van der Waals surface area contributed by atoms with Gasteiger partial charge < -0.3 is 10.2 Å². The number of carbonyl (C=O) groups excluding carboxylic acids is 2. The first kappa shape index (κ1) is 11.1. The lowest BCUT2D eigenvalue weighted by atomic mass is 10.2. The van der Waals surface area contributed by atoms with Crippen LogP contribution < -0.4 is 5.32 Å². The van der Waals surface area contributed by atoms with Crippen molar-refractivity contribution in [1.82, 2.24) is 10.2 Å². The normalized spacial score (nSPS) is 16.0. The summed E-state index contributed by atoms with van der Waals surface area (Å²) in [5.41, 5.74) is 0. The first-order chi connectivity index (χ1) is 7.75. The monoisotopic (exact) mass is 238 g/mol. The number of hydrogen-bond acceptors (Lipinski definition) is 3. The molecule has 5 heteroatoms. The quantitative estimate of drug-likeness (QED) is 0.840. The van der Waals surface area contributed by atoms with Crippen molar-refractivity contribution in [2.75, 3.05) is 19.6 Å². The fourth-order valence-electron chi connectivity index (χ4n) is 1.69. The average molecular weight is 238 g/mol. The Morgan fingerprint density at radius 3 is 3.12 bits per heavy atom. The zero-order chi connectivity index (χ0) is 11.4. The average Bonchev–Trinajstić information content (AvgIpc) is 2.78. The molecule has 0 atom stereocenters. The highest BCUT2D eigenvalue weighted by Crippen LogP contribution is 2.11. The van der Waals surface area contributed by atoms with E-state index in [4.69, 9.17) is 0 Å². The number of thiophene rings is 1. The van der Waals surface area contributed by atoms with E-state index in [1.165, 1.54) is 4.88 Å². The molecule has 2 heterocycles. The van der Waals surface area contributed by atoms with Gasteiger partial charge in [-0.1, -0.05) is 6.07 Å². The standard InChI is InChI=1S/C11H14N2O2S/c14-10-8-13(6-5-12-10)11(15)4-3-9-2-1-7-16-9/h1-2,7H,3-6,8H2,(H,12,14). The topological polar surface area (TPSA) is 49.4 Å². The van der Waals surface area contributed by atoms with Crippen molar-refractivity contribution in [3.8, 4) is 0 Å². The van der Waals surface area contributed by atoms with Crippen molar-refractivity contribution in [3.63, 3.8) is 0 Å². The van der Waals surface area contributed by atoms with Gasteiger partial charge in [-0.15, -0.1) is 11.3 Å². The SMILES string of the molecule is O=C1CN(C(=O)CCc2cccs2)CCN1. The Bertz CT molecular complexity index is 375. The van der Waals surface area contributed by atoms with Crippen LogP contribution in [0.1, 0.15) is 11.3 Å². The Morgan fingerprint density at radius 2 is 2.44 bits per heavy atom. The van der Waals surface area contributed by atoms with Crippen molar-refractivity contribution in [1.29, 1.82) is 0 Å². The maximum absolute atomic E-state index is 11.8. The molecule has 0 aliphatic carbocycles. The Labute approximate surface area is 98.3 Å². The summed E-state index contributed by atoms with van der Waals surface area (Å²) in [6, 6.07) is 4.01. The van der Waals surface area contributed by atoms with Crippen LogP contribution in [0.15, 0.2) is 17.5 Å². The lowest BCUT2D eigenvalue weighted by Crippen LogP contribution is -2.50. The minimum Gasteiger partial charge on any atom is -0.353 e. The lowest BCUT2D eigenvalue weighted by molar-refractivity contribution is -0.138. The molecule has 86 valence electrons. The van der Waals surface area contributed by atoms with Gasteiger partial charge in [-0.25, -0.2) is 0 Å². The van der Waals surface area contributed by atoms with Gasteiger partial charge in [-0.05, 0) is 17.9 Å². The maximum atomic E-state index is 11.8. The third-order valence-electron chi connectivity index (χ3n) is 2.56. The molecule has 1 saturated heterocycles. The molecule has 0 aromatic carbocycles. The van der Waals surface area contributed by atoms with E-state index in [9.17, 15) is 9.59 Å². The largest absolute Gasteiger partial charge is 0.353 e. The van der Waals surface area contributed by atoms with E-state index < -0.39 is 0 Å². The number of piperazine rings is 1. The summed E-state index contributed by atoms with van der Waals surface area (Å²) < 4.78 is 0. The third kappa shape index (κ3) is 2.82. The van der Waals surface area contributed by atoms with Crippen LogP contribution in [-0.2, 0) is 16.0 Å². The van der Waals surface area contributed by atoms with E-state index in [-0.39, 0.29) is 18.4 Å². The van der Waals surface area contributed by atoms with Crippen LogP contribution in [0.5, 0.6) is 0 Å². The molecular weight excluding hydrogens is 224 g/mol. The summed E-state index contributed by atoms with van der Waals surface area (Å²) in [5.74, 6) is 0.0129. The van der Waals surface area contributed by atoms with Gasteiger partial charge in [0.25, 0.3) is 0 Å². The smallest absolute Gasteiger partial charge is 0.239 e. The lowest BCUT2D eigenvalue weighted by Gasteiger charge is -2.26. The number of rotatable bonds is 3. The molecule has 0 radical (unpaired) electrons. The zero-order valence-electron chi connectivity index (χ0n) is 8.94. The van der Waals surface area contributed by atoms with Crippen LogP contribution in [-0.4, -0.2) is 36.3 Å². The van der Waals surface area contributed by atoms with Gasteiger partial charge in [-0.2, -0.15) is 0 Å². The summed E-state index contributed by atoms with van der Waals surface area (Å²) in [6.07, 6.45) is 1.27. The van der Waals surface area contributed by atoms with Gasteiger partial charge in [0.05, 0.1) is 6.54 Å². The van der Waals surface area contributed by atoms with Gasteiger partial charge in [0.15, 0.2) is 0 Å². The van der Waals surface area contributed by atoms with E-state index in [1.807, 2.05) is 17.5 Å². The highest BCUT2D eigenvalue weighted by molar-refractivity contribution is 7.09.